The molecule has 0 fully saturated rings. The van der Waals surface area contributed by atoms with E-state index < -0.39 is 0 Å². The molecular weight excluding hydrogens is 252 g/mol. The van der Waals surface area contributed by atoms with Crippen molar-refractivity contribution in [2.75, 3.05) is 0 Å². The Morgan fingerprint density at radius 2 is 2.22 bits per heavy atom. The van der Waals surface area contributed by atoms with Gasteiger partial charge in [-0.1, -0.05) is 19.0 Å². The smallest absolute Gasteiger partial charge is 0.271 e. The van der Waals surface area contributed by atoms with Crippen LogP contribution in [-0.2, 0) is 0 Å². The van der Waals surface area contributed by atoms with E-state index in [4.69, 9.17) is 0 Å². The molecule has 96 valence electrons. The summed E-state index contributed by atoms with van der Waals surface area (Å²) in [4.78, 5) is 20.1. The van der Waals surface area contributed by atoms with Crippen LogP contribution in [0.1, 0.15) is 54.1 Å². The highest BCUT2D eigenvalue weighted by atomic mass is 32.1. The Morgan fingerprint density at radius 1 is 1.44 bits per heavy atom. The lowest BCUT2D eigenvalue weighted by Gasteiger charge is -2.08. The van der Waals surface area contributed by atoms with Crippen molar-refractivity contribution in [1.29, 1.82) is 0 Å². The van der Waals surface area contributed by atoms with Crippen LogP contribution in [-0.4, -0.2) is 21.0 Å². The third-order valence-electron chi connectivity index (χ3n) is 2.36. The number of thiazole rings is 1. The molecule has 2 heterocycles. The average molecular weight is 266 g/mol. The van der Waals surface area contributed by atoms with Crippen molar-refractivity contribution in [3.05, 3.63) is 28.3 Å². The van der Waals surface area contributed by atoms with Crippen molar-refractivity contribution < 1.29 is 9.32 Å². The lowest BCUT2D eigenvalue weighted by atomic mass is 10.2. The van der Waals surface area contributed by atoms with E-state index in [1.165, 1.54) is 17.7 Å². The van der Waals surface area contributed by atoms with Gasteiger partial charge >= 0.3 is 0 Å². The summed E-state index contributed by atoms with van der Waals surface area (Å²) in [5, 5.41) is 9.16. The zero-order valence-corrected chi connectivity index (χ0v) is 11.2. The van der Waals surface area contributed by atoms with E-state index in [2.05, 4.69) is 25.0 Å². The molecule has 1 atom stereocenters. The van der Waals surface area contributed by atoms with Gasteiger partial charge in [-0.05, 0) is 6.92 Å². The highest BCUT2D eigenvalue weighted by Crippen LogP contribution is 2.19. The van der Waals surface area contributed by atoms with Gasteiger partial charge in [-0.25, -0.2) is 4.98 Å². The lowest BCUT2D eigenvalue weighted by Crippen LogP contribution is -2.27. The minimum atomic E-state index is -0.305. The number of carbonyl (C=O) groups excluding carboxylic acids is 1. The SMILES string of the molecule is CC(C)c1nc(C(=O)N[C@H](C)c2ncon2)cs1. The van der Waals surface area contributed by atoms with Crippen LogP contribution in [0.2, 0.25) is 0 Å². The Bertz CT molecular complexity index is 521. The molecule has 2 aromatic heterocycles. The van der Waals surface area contributed by atoms with Gasteiger partial charge in [0.2, 0.25) is 6.39 Å². The standard InChI is InChI=1S/C11H14N4O2S/c1-6(2)11-14-8(4-18-11)10(16)13-7(3)9-12-5-17-15-9/h4-7H,1-3H3,(H,13,16)/t7-/m1/s1. The van der Waals surface area contributed by atoms with Gasteiger partial charge in [0.05, 0.1) is 11.0 Å². The summed E-state index contributed by atoms with van der Waals surface area (Å²) in [5.41, 5.74) is 0.430. The molecule has 0 aliphatic carbocycles. The second-order valence-electron chi connectivity index (χ2n) is 4.21. The Kier molecular flexibility index (Phi) is 3.71. The molecule has 0 spiro atoms. The first-order valence-electron chi connectivity index (χ1n) is 5.60. The highest BCUT2D eigenvalue weighted by molar-refractivity contribution is 7.09. The molecule has 2 rings (SSSR count). The number of carbonyl (C=O) groups is 1. The highest BCUT2D eigenvalue weighted by Gasteiger charge is 2.17. The second kappa shape index (κ2) is 5.26. The average Bonchev–Trinajstić information content (AvgIpc) is 3.00. The summed E-state index contributed by atoms with van der Waals surface area (Å²) in [6, 6.07) is -0.305. The summed E-state index contributed by atoms with van der Waals surface area (Å²) < 4.78 is 4.63. The van der Waals surface area contributed by atoms with E-state index in [1.54, 1.807) is 12.3 Å². The normalized spacial score (nSPS) is 12.7. The van der Waals surface area contributed by atoms with Crippen molar-refractivity contribution in [2.24, 2.45) is 0 Å². The second-order valence-corrected chi connectivity index (χ2v) is 5.10. The summed E-state index contributed by atoms with van der Waals surface area (Å²) >= 11 is 1.49. The maximum Gasteiger partial charge on any atom is 0.271 e. The topological polar surface area (TPSA) is 80.9 Å². The molecular formula is C11H14N4O2S. The monoisotopic (exact) mass is 266 g/mol. The molecule has 1 N–H and O–H groups in total. The summed E-state index contributed by atoms with van der Waals surface area (Å²) in [5.74, 6) is 0.546. The van der Waals surface area contributed by atoms with Crippen LogP contribution in [0.25, 0.3) is 0 Å². The number of nitrogens with one attached hydrogen (secondary N) is 1. The van der Waals surface area contributed by atoms with Crippen molar-refractivity contribution >= 4 is 17.2 Å². The zero-order valence-electron chi connectivity index (χ0n) is 10.4. The molecule has 0 saturated heterocycles. The van der Waals surface area contributed by atoms with E-state index in [1.807, 2.05) is 13.8 Å². The molecule has 1 amide bonds. The van der Waals surface area contributed by atoms with E-state index in [0.717, 1.165) is 5.01 Å². The first-order valence-corrected chi connectivity index (χ1v) is 6.48. The predicted molar refractivity (Wildman–Crippen MR) is 66.4 cm³/mol. The van der Waals surface area contributed by atoms with Crippen molar-refractivity contribution in [2.45, 2.75) is 32.7 Å². The molecule has 0 radical (unpaired) electrons. The van der Waals surface area contributed by atoms with Crippen LogP contribution in [0.3, 0.4) is 0 Å². The van der Waals surface area contributed by atoms with Gasteiger partial charge in [0.1, 0.15) is 5.69 Å². The fourth-order valence-corrected chi connectivity index (χ4v) is 2.18. The molecule has 0 aliphatic rings. The van der Waals surface area contributed by atoms with Gasteiger partial charge < -0.3 is 9.84 Å². The van der Waals surface area contributed by atoms with E-state index in [-0.39, 0.29) is 11.9 Å². The van der Waals surface area contributed by atoms with E-state index in [0.29, 0.717) is 17.4 Å². The molecule has 6 nitrogen and oxygen atoms in total. The fraction of sp³-hybridized carbons (Fsp3) is 0.455. The maximum atomic E-state index is 11.9. The van der Waals surface area contributed by atoms with Crippen LogP contribution < -0.4 is 5.32 Å². The van der Waals surface area contributed by atoms with Crippen LogP contribution in [0.15, 0.2) is 16.3 Å². The third-order valence-corrected chi connectivity index (χ3v) is 3.51. The fourth-order valence-electron chi connectivity index (χ4n) is 1.36. The van der Waals surface area contributed by atoms with Crippen LogP contribution in [0.4, 0.5) is 0 Å². The van der Waals surface area contributed by atoms with E-state index in [9.17, 15) is 4.79 Å². The number of amides is 1. The van der Waals surface area contributed by atoms with Gasteiger partial charge in [0.15, 0.2) is 5.82 Å². The van der Waals surface area contributed by atoms with Crippen molar-refractivity contribution in [3.63, 3.8) is 0 Å². The van der Waals surface area contributed by atoms with Gasteiger partial charge in [-0.2, -0.15) is 4.98 Å². The Labute approximate surface area is 108 Å². The van der Waals surface area contributed by atoms with Gasteiger partial charge in [0, 0.05) is 11.3 Å². The van der Waals surface area contributed by atoms with Crippen LogP contribution in [0.5, 0.6) is 0 Å². The van der Waals surface area contributed by atoms with Gasteiger partial charge in [-0.15, -0.1) is 11.3 Å². The molecule has 0 bridgehead atoms. The third kappa shape index (κ3) is 2.73. The first kappa shape index (κ1) is 12.7. The largest absolute Gasteiger partial charge is 0.343 e. The number of nitrogens with zero attached hydrogens (tertiary/aromatic N) is 3. The molecule has 0 aliphatic heterocycles. The molecule has 0 saturated carbocycles. The number of aromatic nitrogens is 3. The minimum absolute atomic E-state index is 0.226. The molecule has 7 heteroatoms. The van der Waals surface area contributed by atoms with Crippen molar-refractivity contribution in [1.82, 2.24) is 20.4 Å². The summed E-state index contributed by atoms with van der Waals surface area (Å²) in [6.45, 7) is 5.88. The zero-order chi connectivity index (χ0) is 13.1. The molecule has 0 unspecified atom stereocenters. The van der Waals surface area contributed by atoms with Gasteiger partial charge in [0.25, 0.3) is 5.91 Å². The summed E-state index contributed by atoms with van der Waals surface area (Å²) in [6.07, 6.45) is 1.23. The lowest BCUT2D eigenvalue weighted by molar-refractivity contribution is 0.0933. The quantitative estimate of drug-likeness (QED) is 0.917. The Morgan fingerprint density at radius 3 is 2.78 bits per heavy atom. The molecule has 0 aromatic carbocycles. The summed E-state index contributed by atoms with van der Waals surface area (Å²) in [7, 11) is 0. The van der Waals surface area contributed by atoms with Crippen LogP contribution in [0, 0.1) is 0 Å². The Hall–Kier alpha value is -1.76. The number of hydrogen-bond donors (Lipinski definition) is 1. The van der Waals surface area contributed by atoms with Gasteiger partial charge in [-0.3, -0.25) is 4.79 Å². The molecule has 2 aromatic rings. The van der Waals surface area contributed by atoms with E-state index >= 15 is 0 Å². The first-order chi connectivity index (χ1) is 8.58. The number of rotatable bonds is 4. The Balaban J connectivity index is 2.03. The molecule has 18 heavy (non-hydrogen) atoms. The van der Waals surface area contributed by atoms with Crippen LogP contribution >= 0.6 is 11.3 Å². The minimum Gasteiger partial charge on any atom is -0.343 e. The number of hydrogen-bond acceptors (Lipinski definition) is 6. The predicted octanol–water partition coefficient (Wildman–Crippen LogP) is 2.14. The maximum absolute atomic E-state index is 11.9. The van der Waals surface area contributed by atoms with Crippen molar-refractivity contribution in [3.8, 4) is 0 Å².